The minimum absolute atomic E-state index is 0.713. The maximum absolute atomic E-state index is 3.57. The Bertz CT molecular complexity index is 204. The van der Waals surface area contributed by atoms with Crippen molar-refractivity contribution in [2.75, 3.05) is 5.33 Å². The molecule has 0 aliphatic heterocycles. The molecule has 0 radical (unpaired) electrons. The van der Waals surface area contributed by atoms with Crippen molar-refractivity contribution in [2.45, 2.75) is 26.2 Å². The Hall–Kier alpha value is 0.180. The molecule has 0 aliphatic rings. The molecule has 0 bridgehead atoms. The second-order valence-electron chi connectivity index (χ2n) is 3.50. The van der Waals surface area contributed by atoms with Crippen LogP contribution in [0.1, 0.15) is 31.1 Å². The summed E-state index contributed by atoms with van der Waals surface area (Å²) in [4.78, 5) is 1.51. The highest BCUT2D eigenvalue weighted by molar-refractivity contribution is 9.09. The van der Waals surface area contributed by atoms with Gasteiger partial charge in [-0.3, -0.25) is 0 Å². The van der Waals surface area contributed by atoms with Gasteiger partial charge in [-0.2, -0.15) is 0 Å². The summed E-state index contributed by atoms with van der Waals surface area (Å²) in [5, 5.41) is 3.25. The lowest BCUT2D eigenvalue weighted by Crippen LogP contribution is -2.02. The van der Waals surface area contributed by atoms with E-state index < -0.39 is 0 Å². The maximum Gasteiger partial charge on any atom is 0.0108 e. The number of hydrogen-bond donors (Lipinski definition) is 0. The molecule has 0 saturated heterocycles. The molecule has 1 aromatic rings. The van der Waals surface area contributed by atoms with E-state index >= 15 is 0 Å². The van der Waals surface area contributed by atoms with Crippen LogP contribution in [0.4, 0.5) is 0 Å². The van der Waals surface area contributed by atoms with Gasteiger partial charge in [0.05, 0.1) is 0 Å². The molecule has 0 nitrogen and oxygen atoms in total. The normalized spacial score (nSPS) is 13.7. The Labute approximate surface area is 87.1 Å². The Balaban J connectivity index is 2.57. The zero-order chi connectivity index (χ0) is 8.97. The fourth-order valence-electron chi connectivity index (χ4n) is 1.35. The Morgan fingerprint density at radius 3 is 2.67 bits per heavy atom. The summed E-state index contributed by atoms with van der Waals surface area (Å²) in [6.07, 6.45) is 1.28. The molecule has 1 unspecified atom stereocenters. The van der Waals surface area contributed by atoms with Crippen LogP contribution in [-0.4, -0.2) is 5.33 Å². The average Bonchev–Trinajstić information content (AvgIpc) is 2.51. The summed E-state index contributed by atoms with van der Waals surface area (Å²) in [7, 11) is 0. The van der Waals surface area contributed by atoms with Gasteiger partial charge < -0.3 is 0 Å². The second-order valence-corrected chi connectivity index (χ2v) is 5.12. The van der Waals surface area contributed by atoms with E-state index in [0.717, 1.165) is 11.2 Å². The number of alkyl halides is 1. The van der Waals surface area contributed by atoms with Crippen LogP contribution in [0.25, 0.3) is 0 Å². The number of thiophene rings is 1. The molecule has 12 heavy (non-hydrogen) atoms. The highest BCUT2D eigenvalue weighted by Gasteiger charge is 2.12. The van der Waals surface area contributed by atoms with E-state index in [1.165, 1.54) is 11.3 Å². The van der Waals surface area contributed by atoms with Gasteiger partial charge in [-0.05, 0) is 23.8 Å². The van der Waals surface area contributed by atoms with Crippen molar-refractivity contribution in [3.63, 3.8) is 0 Å². The van der Waals surface area contributed by atoms with E-state index in [4.69, 9.17) is 0 Å². The first-order valence-electron chi connectivity index (χ1n) is 4.33. The van der Waals surface area contributed by atoms with Crippen LogP contribution in [0.15, 0.2) is 17.5 Å². The average molecular weight is 247 g/mol. The smallest absolute Gasteiger partial charge is 0.0108 e. The predicted octanol–water partition coefficient (Wildman–Crippen LogP) is 4.27. The second kappa shape index (κ2) is 5.03. The first kappa shape index (κ1) is 10.3. The molecule has 0 aromatic carbocycles. The molecule has 0 N–H and O–H groups in total. The predicted molar refractivity (Wildman–Crippen MR) is 60.3 cm³/mol. The molecule has 1 heterocycles. The van der Waals surface area contributed by atoms with Crippen molar-refractivity contribution in [1.82, 2.24) is 0 Å². The SMILES string of the molecule is CC(C)CC(CBr)c1cccs1. The molecule has 2 heteroatoms. The highest BCUT2D eigenvalue weighted by Crippen LogP contribution is 2.28. The van der Waals surface area contributed by atoms with Crippen molar-refractivity contribution in [3.8, 4) is 0 Å². The van der Waals surface area contributed by atoms with Gasteiger partial charge in [0, 0.05) is 16.1 Å². The van der Waals surface area contributed by atoms with Crippen LogP contribution in [0, 0.1) is 5.92 Å². The molecule has 1 rings (SSSR count). The quantitative estimate of drug-likeness (QED) is 0.697. The lowest BCUT2D eigenvalue weighted by atomic mass is 9.98. The standard InChI is InChI=1S/C10H15BrS/c1-8(2)6-9(7-11)10-4-3-5-12-10/h3-5,8-9H,6-7H2,1-2H3. The zero-order valence-electron chi connectivity index (χ0n) is 7.59. The fourth-order valence-corrected chi connectivity index (χ4v) is 3.02. The van der Waals surface area contributed by atoms with Crippen molar-refractivity contribution in [2.24, 2.45) is 5.92 Å². The Morgan fingerprint density at radius 2 is 2.25 bits per heavy atom. The van der Waals surface area contributed by atoms with Crippen LogP contribution >= 0.6 is 27.3 Å². The van der Waals surface area contributed by atoms with E-state index in [0.29, 0.717) is 5.92 Å². The number of rotatable bonds is 4. The van der Waals surface area contributed by atoms with E-state index in [-0.39, 0.29) is 0 Å². The molecule has 0 saturated carbocycles. The molecule has 68 valence electrons. The minimum atomic E-state index is 0.713. The van der Waals surface area contributed by atoms with Crippen LogP contribution in [0.5, 0.6) is 0 Å². The topological polar surface area (TPSA) is 0 Å². The van der Waals surface area contributed by atoms with E-state index in [9.17, 15) is 0 Å². The highest BCUT2D eigenvalue weighted by atomic mass is 79.9. The molecule has 0 fully saturated rings. The molecule has 0 aliphatic carbocycles. The van der Waals surface area contributed by atoms with Crippen molar-refractivity contribution in [1.29, 1.82) is 0 Å². The van der Waals surface area contributed by atoms with E-state index in [1.54, 1.807) is 0 Å². The summed E-state index contributed by atoms with van der Waals surface area (Å²) in [6.45, 7) is 4.56. The first-order valence-corrected chi connectivity index (χ1v) is 6.33. The lowest BCUT2D eigenvalue weighted by molar-refractivity contribution is 0.534. The van der Waals surface area contributed by atoms with Crippen molar-refractivity contribution >= 4 is 27.3 Å². The third-order valence-corrected chi connectivity index (χ3v) is 3.70. The van der Waals surface area contributed by atoms with Gasteiger partial charge in [-0.15, -0.1) is 11.3 Å². The summed E-state index contributed by atoms with van der Waals surface area (Å²) >= 11 is 5.44. The number of hydrogen-bond acceptors (Lipinski definition) is 1. The van der Waals surface area contributed by atoms with Gasteiger partial charge >= 0.3 is 0 Å². The first-order chi connectivity index (χ1) is 5.74. The lowest BCUT2D eigenvalue weighted by Gasteiger charge is -2.14. The Kier molecular flexibility index (Phi) is 4.30. The van der Waals surface area contributed by atoms with Gasteiger partial charge in [0.2, 0.25) is 0 Å². The summed E-state index contributed by atoms with van der Waals surface area (Å²) in [6, 6.07) is 4.37. The largest absolute Gasteiger partial charge is 0.149 e. The van der Waals surface area contributed by atoms with Crippen molar-refractivity contribution < 1.29 is 0 Å². The molecule has 1 atom stereocenters. The summed E-state index contributed by atoms with van der Waals surface area (Å²) in [5.74, 6) is 1.50. The molecule has 1 aromatic heterocycles. The molecule has 0 spiro atoms. The van der Waals surface area contributed by atoms with Crippen LogP contribution in [-0.2, 0) is 0 Å². The van der Waals surface area contributed by atoms with E-state index in [1.807, 2.05) is 11.3 Å². The van der Waals surface area contributed by atoms with Crippen molar-refractivity contribution in [3.05, 3.63) is 22.4 Å². The summed E-state index contributed by atoms with van der Waals surface area (Å²) in [5.41, 5.74) is 0. The third kappa shape index (κ3) is 2.91. The van der Waals surface area contributed by atoms with Crippen LogP contribution in [0.3, 0.4) is 0 Å². The van der Waals surface area contributed by atoms with Gasteiger partial charge in [0.15, 0.2) is 0 Å². The Morgan fingerprint density at radius 1 is 1.50 bits per heavy atom. The van der Waals surface area contributed by atoms with Gasteiger partial charge in [0.25, 0.3) is 0 Å². The third-order valence-electron chi connectivity index (χ3n) is 1.89. The minimum Gasteiger partial charge on any atom is -0.149 e. The molecular weight excluding hydrogens is 232 g/mol. The van der Waals surface area contributed by atoms with Gasteiger partial charge in [-0.1, -0.05) is 35.8 Å². The van der Waals surface area contributed by atoms with Gasteiger partial charge in [-0.25, -0.2) is 0 Å². The zero-order valence-corrected chi connectivity index (χ0v) is 9.99. The fraction of sp³-hybridized carbons (Fsp3) is 0.600. The molecule has 0 amide bonds. The number of halogens is 1. The summed E-state index contributed by atoms with van der Waals surface area (Å²) < 4.78 is 0. The molecular formula is C10H15BrS. The van der Waals surface area contributed by atoms with Crippen LogP contribution in [0.2, 0.25) is 0 Å². The van der Waals surface area contributed by atoms with Crippen LogP contribution < -0.4 is 0 Å². The van der Waals surface area contributed by atoms with Gasteiger partial charge in [0.1, 0.15) is 0 Å². The monoisotopic (exact) mass is 246 g/mol. The van der Waals surface area contributed by atoms with E-state index in [2.05, 4.69) is 47.3 Å². The maximum atomic E-state index is 3.57.